The minimum atomic E-state index is -0.680. The molecule has 0 heterocycles. The van der Waals surface area contributed by atoms with Crippen LogP contribution < -0.4 is 10.1 Å². The van der Waals surface area contributed by atoms with Crippen LogP contribution in [-0.4, -0.2) is 24.7 Å². The molecular formula is C21H33NO3. The minimum absolute atomic E-state index is 0.0108. The zero-order valence-electron chi connectivity index (χ0n) is 16.1. The number of ether oxygens (including phenoxy) is 2. The second-order valence-electron chi connectivity index (χ2n) is 7.73. The molecule has 0 radical (unpaired) electrons. The quantitative estimate of drug-likeness (QED) is 0.717. The van der Waals surface area contributed by atoms with E-state index in [4.69, 9.17) is 9.47 Å². The molecule has 4 nitrogen and oxygen atoms in total. The van der Waals surface area contributed by atoms with E-state index in [2.05, 4.69) is 33.0 Å². The standard InChI is InChI=1S/C21H33NO3/c1-5-13-25-21(12-6-7-17(4)14-21)20(23)22-18-8-10-19(11-9-18)24-15-16(2)3/h8-11,16-17H,5-7,12-15H2,1-4H3,(H,22,23)/t17-,21+/m0/s1. The Morgan fingerprint density at radius 3 is 2.64 bits per heavy atom. The van der Waals surface area contributed by atoms with Crippen LogP contribution in [0.5, 0.6) is 5.75 Å². The molecule has 1 saturated carbocycles. The summed E-state index contributed by atoms with van der Waals surface area (Å²) in [6.07, 6.45) is 4.74. The van der Waals surface area contributed by atoms with Crippen molar-refractivity contribution in [3.05, 3.63) is 24.3 Å². The number of benzene rings is 1. The molecule has 1 amide bonds. The van der Waals surface area contributed by atoms with Crippen LogP contribution in [0.15, 0.2) is 24.3 Å². The molecule has 1 aliphatic rings. The van der Waals surface area contributed by atoms with Gasteiger partial charge in [0.05, 0.1) is 6.61 Å². The highest BCUT2D eigenvalue weighted by Gasteiger charge is 2.42. The highest BCUT2D eigenvalue weighted by Crippen LogP contribution is 2.36. The number of rotatable bonds is 8. The molecule has 1 fully saturated rings. The van der Waals surface area contributed by atoms with Gasteiger partial charge in [-0.3, -0.25) is 4.79 Å². The molecule has 1 N–H and O–H groups in total. The van der Waals surface area contributed by atoms with Gasteiger partial charge < -0.3 is 14.8 Å². The average molecular weight is 347 g/mol. The lowest BCUT2D eigenvalue weighted by atomic mass is 9.78. The van der Waals surface area contributed by atoms with Crippen LogP contribution in [0.25, 0.3) is 0 Å². The van der Waals surface area contributed by atoms with Crippen molar-refractivity contribution in [1.82, 2.24) is 0 Å². The lowest BCUT2D eigenvalue weighted by Gasteiger charge is -2.38. The van der Waals surface area contributed by atoms with Gasteiger partial charge in [-0.25, -0.2) is 0 Å². The van der Waals surface area contributed by atoms with E-state index < -0.39 is 5.60 Å². The molecule has 1 aliphatic carbocycles. The van der Waals surface area contributed by atoms with Crippen LogP contribution in [0.3, 0.4) is 0 Å². The molecule has 0 saturated heterocycles. The number of hydrogen-bond acceptors (Lipinski definition) is 3. The molecule has 2 atom stereocenters. The van der Waals surface area contributed by atoms with Crippen molar-refractivity contribution in [3.63, 3.8) is 0 Å². The summed E-state index contributed by atoms with van der Waals surface area (Å²) in [5, 5.41) is 3.05. The van der Waals surface area contributed by atoms with Crippen molar-refractivity contribution in [2.75, 3.05) is 18.5 Å². The fraction of sp³-hybridized carbons (Fsp3) is 0.667. The monoisotopic (exact) mass is 347 g/mol. The van der Waals surface area contributed by atoms with Gasteiger partial charge in [0.1, 0.15) is 11.4 Å². The molecule has 1 aromatic rings. The predicted octanol–water partition coefficient (Wildman–Crippen LogP) is 5.04. The minimum Gasteiger partial charge on any atom is -0.493 e. The number of hydrogen-bond donors (Lipinski definition) is 1. The predicted molar refractivity (Wildman–Crippen MR) is 102 cm³/mol. The van der Waals surface area contributed by atoms with Gasteiger partial charge in [0, 0.05) is 12.3 Å². The second-order valence-corrected chi connectivity index (χ2v) is 7.73. The first kappa shape index (κ1) is 19.8. The van der Waals surface area contributed by atoms with Crippen molar-refractivity contribution in [1.29, 1.82) is 0 Å². The number of carbonyl (C=O) groups is 1. The highest BCUT2D eigenvalue weighted by atomic mass is 16.5. The van der Waals surface area contributed by atoms with E-state index in [9.17, 15) is 4.79 Å². The maximum absolute atomic E-state index is 13.0. The van der Waals surface area contributed by atoms with Gasteiger partial charge in [-0.1, -0.05) is 34.1 Å². The summed E-state index contributed by atoms with van der Waals surface area (Å²) in [7, 11) is 0. The summed E-state index contributed by atoms with van der Waals surface area (Å²) in [5.74, 6) is 1.82. The number of anilines is 1. The molecule has 0 spiro atoms. The van der Waals surface area contributed by atoms with Gasteiger partial charge >= 0.3 is 0 Å². The normalized spacial score (nSPS) is 23.5. The fourth-order valence-electron chi connectivity index (χ4n) is 3.35. The van der Waals surface area contributed by atoms with E-state index in [1.54, 1.807) is 0 Å². The molecule has 140 valence electrons. The van der Waals surface area contributed by atoms with Crippen molar-refractivity contribution < 1.29 is 14.3 Å². The van der Waals surface area contributed by atoms with Crippen LogP contribution in [0.1, 0.15) is 59.8 Å². The average Bonchev–Trinajstić information content (AvgIpc) is 2.59. The summed E-state index contributed by atoms with van der Waals surface area (Å²) in [6, 6.07) is 7.60. The zero-order chi connectivity index (χ0) is 18.3. The topological polar surface area (TPSA) is 47.6 Å². The summed E-state index contributed by atoms with van der Waals surface area (Å²) < 4.78 is 11.8. The first-order valence-corrected chi connectivity index (χ1v) is 9.63. The molecule has 25 heavy (non-hydrogen) atoms. The van der Waals surface area contributed by atoms with Crippen LogP contribution in [0.2, 0.25) is 0 Å². The Morgan fingerprint density at radius 1 is 1.32 bits per heavy atom. The Morgan fingerprint density at radius 2 is 2.04 bits per heavy atom. The molecule has 0 aromatic heterocycles. The Bertz CT molecular complexity index is 541. The lowest BCUT2D eigenvalue weighted by Crippen LogP contribution is -2.48. The Labute approximate surface area is 152 Å². The van der Waals surface area contributed by atoms with Crippen LogP contribution in [-0.2, 0) is 9.53 Å². The summed E-state index contributed by atoms with van der Waals surface area (Å²) in [4.78, 5) is 13.0. The third-order valence-corrected chi connectivity index (χ3v) is 4.65. The van der Waals surface area contributed by atoms with E-state index in [1.807, 2.05) is 24.3 Å². The third-order valence-electron chi connectivity index (χ3n) is 4.65. The number of nitrogens with one attached hydrogen (secondary N) is 1. The van der Waals surface area contributed by atoms with Gasteiger partial charge in [0.2, 0.25) is 0 Å². The molecule has 0 aliphatic heterocycles. The highest BCUT2D eigenvalue weighted by molar-refractivity contribution is 5.97. The smallest absolute Gasteiger partial charge is 0.256 e. The van der Waals surface area contributed by atoms with Gasteiger partial charge in [0.25, 0.3) is 5.91 Å². The number of amides is 1. The molecule has 0 bridgehead atoms. The Balaban J connectivity index is 2.02. The van der Waals surface area contributed by atoms with Crippen LogP contribution >= 0.6 is 0 Å². The van der Waals surface area contributed by atoms with Gasteiger partial charge in [-0.2, -0.15) is 0 Å². The second kappa shape index (κ2) is 9.23. The Kier molecular flexibility index (Phi) is 7.30. The largest absolute Gasteiger partial charge is 0.493 e. The molecule has 2 rings (SSSR count). The Hall–Kier alpha value is -1.55. The van der Waals surface area contributed by atoms with E-state index in [0.717, 1.165) is 37.1 Å². The maximum atomic E-state index is 13.0. The molecule has 1 aromatic carbocycles. The van der Waals surface area contributed by atoms with E-state index in [1.165, 1.54) is 6.42 Å². The van der Waals surface area contributed by atoms with E-state index in [0.29, 0.717) is 25.0 Å². The van der Waals surface area contributed by atoms with Gasteiger partial charge in [-0.15, -0.1) is 0 Å². The van der Waals surface area contributed by atoms with Gasteiger partial charge in [0.15, 0.2) is 0 Å². The van der Waals surface area contributed by atoms with E-state index in [-0.39, 0.29) is 5.91 Å². The summed E-state index contributed by atoms with van der Waals surface area (Å²) >= 11 is 0. The first-order chi connectivity index (χ1) is 11.9. The summed E-state index contributed by atoms with van der Waals surface area (Å²) in [5.41, 5.74) is 0.111. The van der Waals surface area contributed by atoms with Gasteiger partial charge in [-0.05, 0) is 61.8 Å². The number of carbonyl (C=O) groups excluding carboxylic acids is 1. The molecule has 0 unspecified atom stereocenters. The third kappa shape index (κ3) is 5.74. The molecule has 4 heteroatoms. The first-order valence-electron chi connectivity index (χ1n) is 9.63. The van der Waals surface area contributed by atoms with Crippen LogP contribution in [0.4, 0.5) is 5.69 Å². The van der Waals surface area contributed by atoms with E-state index >= 15 is 0 Å². The SMILES string of the molecule is CCCO[C@]1(C(=O)Nc2ccc(OCC(C)C)cc2)CCC[C@H](C)C1. The van der Waals surface area contributed by atoms with Crippen molar-refractivity contribution in [2.24, 2.45) is 11.8 Å². The van der Waals surface area contributed by atoms with Crippen molar-refractivity contribution in [2.45, 2.75) is 65.4 Å². The van der Waals surface area contributed by atoms with Crippen LogP contribution in [0, 0.1) is 11.8 Å². The zero-order valence-corrected chi connectivity index (χ0v) is 16.1. The maximum Gasteiger partial charge on any atom is 0.256 e. The molecular weight excluding hydrogens is 314 g/mol. The van der Waals surface area contributed by atoms with Crippen molar-refractivity contribution >= 4 is 11.6 Å². The van der Waals surface area contributed by atoms with Crippen molar-refractivity contribution in [3.8, 4) is 5.75 Å². The fourth-order valence-corrected chi connectivity index (χ4v) is 3.35. The lowest BCUT2D eigenvalue weighted by molar-refractivity contribution is -0.148. The summed E-state index contributed by atoms with van der Waals surface area (Å²) in [6.45, 7) is 9.84.